The van der Waals surface area contributed by atoms with Gasteiger partial charge in [0.1, 0.15) is 16.5 Å². The Morgan fingerprint density at radius 1 is 1.05 bits per heavy atom. The molecule has 0 aliphatic carbocycles. The molecule has 2 aliphatic heterocycles. The number of ether oxygens (including phenoxy) is 1. The first-order valence-electron chi connectivity index (χ1n) is 11.9. The number of aromatic nitrogens is 2. The topological polar surface area (TPSA) is 121 Å². The molecule has 3 atom stereocenters. The third kappa shape index (κ3) is 4.31. The largest absolute Gasteiger partial charge is 0.614 e. The highest BCUT2D eigenvalue weighted by atomic mass is 32.2. The van der Waals surface area contributed by atoms with Crippen LogP contribution in [0.5, 0.6) is 0 Å². The van der Waals surface area contributed by atoms with Crippen LogP contribution in [-0.2, 0) is 25.5 Å². The normalized spacial score (nSPS) is 20.8. The van der Waals surface area contributed by atoms with E-state index in [0.29, 0.717) is 15.5 Å². The summed E-state index contributed by atoms with van der Waals surface area (Å²) >= 11 is -0.135. The number of hydrogen-bond acceptors (Lipinski definition) is 8. The summed E-state index contributed by atoms with van der Waals surface area (Å²) in [4.78, 5) is 37.3. The molecule has 8 nitrogen and oxygen atoms in total. The first-order chi connectivity index (χ1) is 18.5. The van der Waals surface area contributed by atoms with Gasteiger partial charge in [0, 0.05) is 24.2 Å². The van der Waals surface area contributed by atoms with E-state index in [9.17, 15) is 14.1 Å². The standard InChI is InChI=1S/C28H22N4O4S2/c29-22-26(33)32-23(28(34)36-24(17-7-3-1-4-8-17)18-9-5-2-6-10-18)20(16-38(35)27(22)32)21-15-31-25(37-21)19-11-13-30-14-12-19/h1-15,22,24,27H,16,29H2. The predicted octanol–water partition coefficient (Wildman–Crippen LogP) is 3.51. The van der Waals surface area contributed by atoms with Gasteiger partial charge in [0.25, 0.3) is 5.91 Å². The van der Waals surface area contributed by atoms with Crippen LogP contribution in [0.15, 0.2) is 97.1 Å². The number of esters is 1. The van der Waals surface area contributed by atoms with Crippen LogP contribution >= 0.6 is 11.3 Å². The Hall–Kier alpha value is -3.83. The lowest BCUT2D eigenvalue weighted by atomic mass is 10.0. The molecule has 4 aromatic rings. The van der Waals surface area contributed by atoms with Crippen LogP contribution in [0.25, 0.3) is 16.1 Å². The second-order valence-corrected chi connectivity index (χ2v) is 11.4. The Labute approximate surface area is 226 Å². The molecule has 3 unspecified atom stereocenters. The third-order valence-corrected chi connectivity index (χ3v) is 9.24. The van der Waals surface area contributed by atoms with Gasteiger partial charge in [-0.15, -0.1) is 11.3 Å². The highest BCUT2D eigenvalue weighted by Crippen LogP contribution is 2.42. The van der Waals surface area contributed by atoms with Crippen molar-refractivity contribution in [3.05, 3.63) is 113 Å². The Balaban J connectivity index is 1.43. The van der Waals surface area contributed by atoms with Gasteiger partial charge in [0.15, 0.2) is 12.1 Å². The molecule has 190 valence electrons. The monoisotopic (exact) mass is 542 g/mol. The molecule has 0 saturated carbocycles. The van der Waals surface area contributed by atoms with Crippen molar-refractivity contribution >= 4 is 40.0 Å². The summed E-state index contributed by atoms with van der Waals surface area (Å²) in [5.74, 6) is -1.08. The Kier molecular flexibility index (Phi) is 6.54. The van der Waals surface area contributed by atoms with Crippen LogP contribution in [-0.4, -0.2) is 48.5 Å². The minimum Gasteiger partial charge on any atom is -0.614 e. The van der Waals surface area contributed by atoms with Crippen molar-refractivity contribution in [3.8, 4) is 10.6 Å². The zero-order valence-corrected chi connectivity index (χ0v) is 21.6. The molecular formula is C28H22N4O4S2. The van der Waals surface area contributed by atoms with Crippen LogP contribution in [0.2, 0.25) is 0 Å². The van der Waals surface area contributed by atoms with Crippen LogP contribution in [0.3, 0.4) is 0 Å². The van der Waals surface area contributed by atoms with Gasteiger partial charge in [-0.1, -0.05) is 60.7 Å². The van der Waals surface area contributed by atoms with Gasteiger partial charge in [-0.25, -0.2) is 9.78 Å². The highest BCUT2D eigenvalue weighted by Gasteiger charge is 2.59. The number of carbonyl (C=O) groups excluding carboxylic acids is 2. The van der Waals surface area contributed by atoms with E-state index < -0.39 is 40.6 Å². The van der Waals surface area contributed by atoms with E-state index in [1.54, 1.807) is 18.6 Å². The van der Waals surface area contributed by atoms with Gasteiger partial charge < -0.3 is 15.0 Å². The number of hydrogen-bond donors (Lipinski definition) is 1. The number of rotatable bonds is 6. The van der Waals surface area contributed by atoms with E-state index in [1.165, 1.54) is 16.2 Å². The van der Waals surface area contributed by atoms with Gasteiger partial charge in [0.05, 0.1) is 10.5 Å². The Bertz CT molecular complexity index is 1470. The van der Waals surface area contributed by atoms with E-state index in [2.05, 4.69) is 9.97 Å². The van der Waals surface area contributed by atoms with Crippen molar-refractivity contribution in [1.82, 2.24) is 14.9 Å². The van der Waals surface area contributed by atoms with E-state index in [0.717, 1.165) is 16.7 Å². The van der Waals surface area contributed by atoms with E-state index in [1.807, 2.05) is 72.8 Å². The van der Waals surface area contributed by atoms with Crippen LogP contribution in [0.1, 0.15) is 22.1 Å². The molecule has 2 aliphatic rings. The van der Waals surface area contributed by atoms with Crippen molar-refractivity contribution < 1.29 is 18.9 Å². The molecule has 4 heterocycles. The number of nitrogens with zero attached hydrogens (tertiary/aromatic N) is 3. The lowest BCUT2D eigenvalue weighted by molar-refractivity contribution is -0.153. The fourth-order valence-electron chi connectivity index (χ4n) is 4.64. The molecule has 0 bridgehead atoms. The summed E-state index contributed by atoms with van der Waals surface area (Å²) in [5.41, 5.74) is 8.98. The molecular weight excluding hydrogens is 520 g/mol. The maximum Gasteiger partial charge on any atom is 0.356 e. The molecule has 0 spiro atoms. The van der Waals surface area contributed by atoms with Crippen molar-refractivity contribution in [3.63, 3.8) is 0 Å². The molecule has 38 heavy (non-hydrogen) atoms. The summed E-state index contributed by atoms with van der Waals surface area (Å²) in [6, 6.07) is 21.6. The quantitative estimate of drug-likeness (QED) is 0.225. The summed E-state index contributed by atoms with van der Waals surface area (Å²) in [6.07, 6.45) is 4.28. The van der Waals surface area contributed by atoms with E-state index in [-0.39, 0.29) is 11.4 Å². The number of amides is 1. The summed E-state index contributed by atoms with van der Waals surface area (Å²) < 4.78 is 19.3. The first kappa shape index (κ1) is 24.5. The number of carbonyl (C=O) groups is 2. The average molecular weight is 543 g/mol. The average Bonchev–Trinajstić information content (AvgIpc) is 3.46. The second kappa shape index (κ2) is 10.1. The molecule has 10 heteroatoms. The zero-order chi connectivity index (χ0) is 26.2. The predicted molar refractivity (Wildman–Crippen MR) is 145 cm³/mol. The molecule has 2 aromatic heterocycles. The minimum absolute atomic E-state index is 0.0614. The fourth-order valence-corrected chi connectivity index (χ4v) is 7.34. The lowest BCUT2D eigenvalue weighted by Crippen LogP contribution is -2.73. The number of fused-ring (bicyclic) bond motifs is 1. The van der Waals surface area contributed by atoms with Crippen LogP contribution < -0.4 is 5.73 Å². The van der Waals surface area contributed by atoms with Gasteiger partial charge in [-0.3, -0.25) is 14.7 Å². The smallest absolute Gasteiger partial charge is 0.356 e. The molecule has 2 aromatic carbocycles. The zero-order valence-electron chi connectivity index (χ0n) is 20.0. The van der Waals surface area contributed by atoms with Gasteiger partial charge in [-0.2, -0.15) is 0 Å². The van der Waals surface area contributed by atoms with Crippen LogP contribution in [0.4, 0.5) is 0 Å². The number of nitrogens with two attached hydrogens (primary N) is 1. The highest BCUT2D eigenvalue weighted by molar-refractivity contribution is 7.92. The summed E-state index contributed by atoms with van der Waals surface area (Å²) in [7, 11) is 0. The van der Waals surface area contributed by atoms with E-state index in [4.69, 9.17) is 10.5 Å². The Morgan fingerprint density at radius 3 is 2.32 bits per heavy atom. The minimum atomic E-state index is -1.48. The third-order valence-electron chi connectivity index (χ3n) is 6.52. The second-order valence-electron chi connectivity index (χ2n) is 8.85. The van der Waals surface area contributed by atoms with Crippen LogP contribution in [0, 0.1) is 0 Å². The molecule has 1 amide bonds. The van der Waals surface area contributed by atoms with Gasteiger partial charge in [0.2, 0.25) is 5.37 Å². The molecule has 6 rings (SSSR count). The van der Waals surface area contributed by atoms with E-state index >= 15 is 0 Å². The fraction of sp³-hybridized carbons (Fsp3) is 0.143. The number of β-lactam (4-membered cyclic amide) rings is 1. The van der Waals surface area contributed by atoms with Crippen molar-refractivity contribution in [1.29, 1.82) is 0 Å². The SMILES string of the molecule is NC1C(=O)N2C(C(=O)OC(c3ccccc3)c3ccccc3)=C(c3cnc(-c4ccncc4)s3)C[S+]([O-])C12. The van der Waals surface area contributed by atoms with Gasteiger partial charge >= 0.3 is 5.97 Å². The molecule has 1 fully saturated rings. The maximum atomic E-state index is 13.9. The molecule has 0 radical (unpaired) electrons. The van der Waals surface area contributed by atoms with Gasteiger partial charge in [-0.05, 0) is 34.4 Å². The maximum absolute atomic E-state index is 13.9. The lowest BCUT2D eigenvalue weighted by Gasteiger charge is -2.48. The molecule has 2 N–H and O–H groups in total. The number of benzene rings is 2. The number of pyridine rings is 1. The molecule has 1 saturated heterocycles. The van der Waals surface area contributed by atoms with Crippen molar-refractivity contribution in [2.24, 2.45) is 5.73 Å². The van der Waals surface area contributed by atoms with Crippen molar-refractivity contribution in [2.75, 3.05) is 5.75 Å². The van der Waals surface area contributed by atoms with Crippen molar-refractivity contribution in [2.45, 2.75) is 17.5 Å². The number of thiazole rings is 1. The Morgan fingerprint density at radius 2 is 1.68 bits per heavy atom. The first-order valence-corrected chi connectivity index (χ1v) is 14.1. The summed E-state index contributed by atoms with van der Waals surface area (Å²) in [6.45, 7) is 0. The summed E-state index contributed by atoms with van der Waals surface area (Å²) in [5, 5.41) is -0.0538.